The smallest absolute Gasteiger partial charge is 0.366 e. The topological polar surface area (TPSA) is 78.7 Å². The van der Waals surface area contributed by atoms with E-state index in [1.807, 2.05) is 0 Å². The van der Waals surface area contributed by atoms with Crippen LogP contribution in [0.25, 0.3) is 0 Å². The minimum absolute atomic E-state index is 0.0793. The summed E-state index contributed by atoms with van der Waals surface area (Å²) in [6.07, 6.45) is -4.68. The number of nitrogens with two attached hydrogens (primary N) is 1. The number of piperazine rings is 1. The molecule has 1 saturated heterocycles. The fourth-order valence-electron chi connectivity index (χ4n) is 3.49. The highest BCUT2D eigenvalue weighted by atomic mass is 19.4. The van der Waals surface area contributed by atoms with Gasteiger partial charge in [0, 0.05) is 39.3 Å². The molecular formula is C21H23F3N4O2. The van der Waals surface area contributed by atoms with Gasteiger partial charge in [-0.05, 0) is 24.3 Å². The third kappa shape index (κ3) is 4.98. The number of hydrogen-bond donors (Lipinski definition) is 2. The van der Waals surface area contributed by atoms with Crippen LogP contribution in [0.15, 0.2) is 48.5 Å². The first-order valence-corrected chi connectivity index (χ1v) is 9.59. The maximum absolute atomic E-state index is 13.5. The number of nitrogens with one attached hydrogen (secondary N) is 1. The summed E-state index contributed by atoms with van der Waals surface area (Å²) < 4.78 is 40.5. The number of carbonyl (C=O) groups excluding carboxylic acids is 2. The van der Waals surface area contributed by atoms with Gasteiger partial charge in [-0.3, -0.25) is 14.5 Å². The number of rotatable bonds is 6. The van der Waals surface area contributed by atoms with Gasteiger partial charge in [-0.2, -0.15) is 13.2 Å². The molecule has 1 aliphatic heterocycles. The lowest BCUT2D eigenvalue weighted by Gasteiger charge is -2.31. The summed E-state index contributed by atoms with van der Waals surface area (Å²) in [6.45, 7) is 3.69. The predicted molar refractivity (Wildman–Crippen MR) is 107 cm³/mol. The van der Waals surface area contributed by atoms with Gasteiger partial charge in [0.1, 0.15) is 0 Å². The molecule has 1 aliphatic rings. The number of alkyl halides is 3. The van der Waals surface area contributed by atoms with Gasteiger partial charge in [0.2, 0.25) is 0 Å². The molecule has 2 aromatic rings. The third-order valence-electron chi connectivity index (χ3n) is 5.02. The SMILES string of the molecule is NC(=O)c1ccccc1N(CCN1CCNCC1)C(=O)c1ccccc1C(F)(F)F. The minimum Gasteiger partial charge on any atom is -0.366 e. The zero-order chi connectivity index (χ0) is 21.7. The quantitative estimate of drug-likeness (QED) is 0.752. The van der Waals surface area contributed by atoms with Crippen molar-refractivity contribution >= 4 is 17.5 Å². The van der Waals surface area contributed by atoms with Crippen molar-refractivity contribution in [2.24, 2.45) is 5.73 Å². The number of nitrogens with zero attached hydrogens (tertiary/aromatic N) is 2. The van der Waals surface area contributed by atoms with E-state index in [1.54, 1.807) is 12.1 Å². The Kier molecular flexibility index (Phi) is 6.73. The molecule has 0 saturated carbocycles. The lowest BCUT2D eigenvalue weighted by molar-refractivity contribution is -0.137. The summed E-state index contributed by atoms with van der Waals surface area (Å²) in [5.74, 6) is -1.58. The molecule has 0 bridgehead atoms. The average Bonchev–Trinajstić information content (AvgIpc) is 2.74. The average molecular weight is 420 g/mol. The summed E-state index contributed by atoms with van der Waals surface area (Å²) in [7, 11) is 0. The van der Waals surface area contributed by atoms with E-state index >= 15 is 0 Å². The first-order chi connectivity index (χ1) is 14.3. The molecule has 2 aromatic carbocycles. The van der Waals surface area contributed by atoms with Crippen LogP contribution in [0.2, 0.25) is 0 Å². The molecule has 0 unspecified atom stereocenters. The molecule has 0 spiro atoms. The van der Waals surface area contributed by atoms with E-state index in [1.165, 1.54) is 29.2 Å². The fraction of sp³-hybridized carbons (Fsp3) is 0.333. The summed E-state index contributed by atoms with van der Waals surface area (Å²) in [5, 5.41) is 3.22. The molecule has 30 heavy (non-hydrogen) atoms. The molecule has 3 rings (SSSR count). The van der Waals surface area contributed by atoms with Crippen molar-refractivity contribution in [3.8, 4) is 0 Å². The van der Waals surface area contributed by atoms with Crippen molar-refractivity contribution in [2.75, 3.05) is 44.2 Å². The Bertz CT molecular complexity index is 911. The Hall–Kier alpha value is -2.91. The molecule has 3 N–H and O–H groups in total. The highest BCUT2D eigenvalue weighted by Crippen LogP contribution is 2.33. The van der Waals surface area contributed by atoms with E-state index in [0.717, 1.165) is 38.3 Å². The third-order valence-corrected chi connectivity index (χ3v) is 5.02. The van der Waals surface area contributed by atoms with Crippen molar-refractivity contribution in [1.82, 2.24) is 10.2 Å². The van der Waals surface area contributed by atoms with Crippen LogP contribution in [-0.4, -0.2) is 56.0 Å². The Balaban J connectivity index is 1.99. The van der Waals surface area contributed by atoms with Gasteiger partial charge in [0.15, 0.2) is 0 Å². The van der Waals surface area contributed by atoms with Gasteiger partial charge in [-0.25, -0.2) is 0 Å². The largest absolute Gasteiger partial charge is 0.417 e. The van der Waals surface area contributed by atoms with E-state index in [9.17, 15) is 22.8 Å². The van der Waals surface area contributed by atoms with E-state index in [0.29, 0.717) is 6.54 Å². The van der Waals surface area contributed by atoms with E-state index < -0.39 is 29.1 Å². The summed E-state index contributed by atoms with van der Waals surface area (Å²) >= 11 is 0. The Labute approximate surface area is 172 Å². The molecule has 0 atom stereocenters. The molecule has 9 heteroatoms. The second-order valence-corrected chi connectivity index (χ2v) is 6.97. The van der Waals surface area contributed by atoms with Crippen LogP contribution >= 0.6 is 0 Å². The predicted octanol–water partition coefficient (Wildman–Crippen LogP) is 2.36. The lowest BCUT2D eigenvalue weighted by Crippen LogP contribution is -2.47. The van der Waals surface area contributed by atoms with Gasteiger partial charge in [-0.15, -0.1) is 0 Å². The van der Waals surface area contributed by atoms with Gasteiger partial charge in [-0.1, -0.05) is 24.3 Å². The monoisotopic (exact) mass is 420 g/mol. The summed E-state index contributed by atoms with van der Waals surface area (Å²) in [6, 6.07) is 10.8. The number of halogens is 3. The van der Waals surface area contributed by atoms with Gasteiger partial charge < -0.3 is 16.0 Å². The fourth-order valence-corrected chi connectivity index (χ4v) is 3.49. The number of amides is 2. The van der Waals surface area contributed by atoms with Crippen molar-refractivity contribution < 1.29 is 22.8 Å². The van der Waals surface area contributed by atoms with E-state index in [-0.39, 0.29) is 17.8 Å². The number of carbonyl (C=O) groups is 2. The lowest BCUT2D eigenvalue weighted by atomic mass is 10.0. The number of benzene rings is 2. The molecule has 1 heterocycles. The zero-order valence-corrected chi connectivity index (χ0v) is 16.3. The van der Waals surface area contributed by atoms with Crippen LogP contribution in [0.5, 0.6) is 0 Å². The molecule has 0 aromatic heterocycles. The normalized spacial score (nSPS) is 15.0. The van der Waals surface area contributed by atoms with E-state index in [2.05, 4.69) is 10.2 Å². The highest BCUT2D eigenvalue weighted by Gasteiger charge is 2.36. The molecule has 0 aliphatic carbocycles. The molecule has 2 amide bonds. The van der Waals surface area contributed by atoms with Crippen molar-refractivity contribution in [1.29, 1.82) is 0 Å². The number of anilines is 1. The summed E-state index contributed by atoms with van der Waals surface area (Å²) in [5.41, 5.74) is 4.25. The summed E-state index contributed by atoms with van der Waals surface area (Å²) in [4.78, 5) is 28.5. The number of primary amides is 1. The molecular weight excluding hydrogens is 397 g/mol. The standard InChI is InChI=1S/C21H23F3N4O2/c22-21(23,24)17-7-3-1-5-15(17)20(30)28(14-13-27-11-9-26-10-12-27)18-8-4-2-6-16(18)19(25)29/h1-8,26H,9-14H2,(H2,25,29). The van der Waals surface area contributed by atoms with Crippen molar-refractivity contribution in [2.45, 2.75) is 6.18 Å². The van der Waals surface area contributed by atoms with Crippen molar-refractivity contribution in [3.63, 3.8) is 0 Å². The molecule has 160 valence electrons. The van der Waals surface area contributed by atoms with Crippen LogP contribution in [0, 0.1) is 0 Å². The first kappa shape index (κ1) is 21.8. The maximum Gasteiger partial charge on any atom is 0.417 e. The van der Waals surface area contributed by atoms with Crippen molar-refractivity contribution in [3.05, 3.63) is 65.2 Å². The number of para-hydroxylation sites is 1. The molecule has 6 nitrogen and oxygen atoms in total. The zero-order valence-electron chi connectivity index (χ0n) is 16.3. The maximum atomic E-state index is 13.5. The van der Waals surface area contributed by atoms with Crippen LogP contribution in [0.3, 0.4) is 0 Å². The van der Waals surface area contributed by atoms with Gasteiger partial charge >= 0.3 is 6.18 Å². The molecule has 1 fully saturated rings. The Morgan fingerprint density at radius 2 is 1.60 bits per heavy atom. The first-order valence-electron chi connectivity index (χ1n) is 9.59. The van der Waals surface area contributed by atoms with E-state index in [4.69, 9.17) is 5.73 Å². The Morgan fingerprint density at radius 1 is 1.00 bits per heavy atom. The van der Waals surface area contributed by atoms with Crippen LogP contribution in [0.1, 0.15) is 26.3 Å². The van der Waals surface area contributed by atoms with Crippen LogP contribution in [-0.2, 0) is 6.18 Å². The van der Waals surface area contributed by atoms with Gasteiger partial charge in [0.25, 0.3) is 11.8 Å². The second kappa shape index (κ2) is 9.27. The van der Waals surface area contributed by atoms with Gasteiger partial charge in [0.05, 0.1) is 22.4 Å². The molecule has 0 radical (unpaired) electrons. The van der Waals surface area contributed by atoms with Crippen LogP contribution in [0.4, 0.5) is 18.9 Å². The minimum atomic E-state index is -4.68. The second-order valence-electron chi connectivity index (χ2n) is 6.97. The highest BCUT2D eigenvalue weighted by molar-refractivity contribution is 6.11. The number of hydrogen-bond acceptors (Lipinski definition) is 4. The Morgan fingerprint density at radius 3 is 2.23 bits per heavy atom. The van der Waals surface area contributed by atoms with Crippen LogP contribution < -0.4 is 16.0 Å².